The molecule has 1 fully saturated rings. The van der Waals surface area contributed by atoms with Crippen molar-refractivity contribution in [1.29, 1.82) is 0 Å². The normalized spacial score (nSPS) is 28.0. The van der Waals surface area contributed by atoms with E-state index in [2.05, 4.69) is 0 Å². The van der Waals surface area contributed by atoms with Crippen LogP contribution >= 0.6 is 0 Å². The maximum Gasteiger partial charge on any atom is 0.224 e. The van der Waals surface area contributed by atoms with Crippen LogP contribution < -0.4 is 5.73 Å². The third-order valence-electron chi connectivity index (χ3n) is 3.68. The van der Waals surface area contributed by atoms with Gasteiger partial charge < -0.3 is 15.7 Å². The molecule has 0 saturated carbocycles. The predicted octanol–water partition coefficient (Wildman–Crippen LogP) is 1.12. The van der Waals surface area contributed by atoms with Crippen LogP contribution in [-0.2, 0) is 4.79 Å². The van der Waals surface area contributed by atoms with E-state index >= 15 is 0 Å². The molecule has 1 heterocycles. The highest BCUT2D eigenvalue weighted by Gasteiger charge is 2.27. The Morgan fingerprint density at radius 1 is 1.41 bits per heavy atom. The van der Waals surface area contributed by atoms with Crippen molar-refractivity contribution < 1.29 is 9.90 Å². The van der Waals surface area contributed by atoms with Gasteiger partial charge in [0.2, 0.25) is 5.91 Å². The highest BCUT2D eigenvalue weighted by molar-refractivity contribution is 5.76. The maximum atomic E-state index is 12.0. The molecule has 1 saturated heterocycles. The number of aliphatic hydroxyl groups is 1. The summed E-state index contributed by atoms with van der Waals surface area (Å²) in [6.07, 6.45) is 2.72. The van der Waals surface area contributed by atoms with E-state index in [-0.39, 0.29) is 11.9 Å². The van der Waals surface area contributed by atoms with Gasteiger partial charge in [0.25, 0.3) is 0 Å². The second kappa shape index (κ2) is 5.83. The van der Waals surface area contributed by atoms with Gasteiger partial charge in [0.1, 0.15) is 0 Å². The van der Waals surface area contributed by atoms with Crippen LogP contribution in [0.2, 0.25) is 0 Å². The largest absolute Gasteiger partial charge is 0.390 e. The Bertz CT molecular complexity index is 264. The molecule has 2 atom stereocenters. The Hall–Kier alpha value is -0.610. The van der Waals surface area contributed by atoms with Crippen molar-refractivity contribution in [2.45, 2.75) is 58.1 Å². The van der Waals surface area contributed by atoms with E-state index in [4.69, 9.17) is 5.73 Å². The topological polar surface area (TPSA) is 66.6 Å². The summed E-state index contributed by atoms with van der Waals surface area (Å²) in [6, 6.07) is -0.0636. The molecular formula is C13H26N2O2. The Morgan fingerprint density at radius 2 is 2.06 bits per heavy atom. The number of rotatable bonds is 3. The molecule has 0 spiro atoms. The van der Waals surface area contributed by atoms with Gasteiger partial charge in [-0.1, -0.05) is 13.8 Å². The third kappa shape index (κ3) is 4.64. The molecule has 4 nitrogen and oxygen atoms in total. The van der Waals surface area contributed by atoms with Gasteiger partial charge in [0.15, 0.2) is 0 Å². The number of carbonyl (C=O) groups excluding carboxylic acids is 1. The first-order chi connectivity index (χ1) is 7.82. The zero-order chi connectivity index (χ0) is 13.1. The fourth-order valence-corrected chi connectivity index (χ4v) is 2.08. The second-order valence-corrected chi connectivity index (χ2v) is 5.84. The summed E-state index contributed by atoms with van der Waals surface area (Å²) in [5, 5.41) is 9.96. The summed E-state index contributed by atoms with van der Waals surface area (Å²) in [5.74, 6) is 0.456. The molecule has 0 bridgehead atoms. The van der Waals surface area contributed by atoms with Gasteiger partial charge in [-0.05, 0) is 32.1 Å². The van der Waals surface area contributed by atoms with Crippen molar-refractivity contribution >= 4 is 5.91 Å². The molecule has 17 heavy (non-hydrogen) atoms. The summed E-state index contributed by atoms with van der Waals surface area (Å²) in [6.45, 7) is 7.31. The van der Waals surface area contributed by atoms with Crippen molar-refractivity contribution in [3.8, 4) is 0 Å². The van der Waals surface area contributed by atoms with Crippen LogP contribution in [-0.4, -0.2) is 40.6 Å². The number of carbonyl (C=O) groups is 1. The molecule has 1 aliphatic rings. The lowest BCUT2D eigenvalue weighted by molar-refractivity contribution is -0.131. The average Bonchev–Trinajstić information content (AvgIpc) is 2.39. The fraction of sp³-hybridized carbons (Fsp3) is 0.923. The second-order valence-electron chi connectivity index (χ2n) is 5.84. The number of nitrogens with two attached hydrogens (primary N) is 1. The summed E-state index contributed by atoms with van der Waals surface area (Å²) in [4.78, 5) is 13.9. The van der Waals surface area contributed by atoms with Crippen molar-refractivity contribution in [3.63, 3.8) is 0 Å². The predicted molar refractivity (Wildman–Crippen MR) is 68.5 cm³/mol. The summed E-state index contributed by atoms with van der Waals surface area (Å²) < 4.78 is 0. The monoisotopic (exact) mass is 242 g/mol. The highest BCUT2D eigenvalue weighted by Crippen LogP contribution is 2.22. The Balaban J connectivity index is 2.47. The number of hydrogen-bond donors (Lipinski definition) is 2. The first kappa shape index (κ1) is 14.5. The molecule has 0 radical (unpaired) electrons. The molecule has 4 heteroatoms. The maximum absolute atomic E-state index is 12.0. The summed E-state index contributed by atoms with van der Waals surface area (Å²) in [7, 11) is 0. The van der Waals surface area contributed by atoms with Crippen LogP contribution in [0.25, 0.3) is 0 Å². The van der Waals surface area contributed by atoms with Crippen LogP contribution in [0.1, 0.15) is 46.5 Å². The van der Waals surface area contributed by atoms with Crippen LogP contribution in [0.5, 0.6) is 0 Å². The lowest BCUT2D eigenvalue weighted by Crippen LogP contribution is -2.39. The molecule has 0 aliphatic carbocycles. The van der Waals surface area contributed by atoms with Gasteiger partial charge in [-0.2, -0.15) is 0 Å². The van der Waals surface area contributed by atoms with E-state index in [1.165, 1.54) is 0 Å². The zero-order valence-corrected chi connectivity index (χ0v) is 11.3. The molecule has 0 aromatic rings. The van der Waals surface area contributed by atoms with E-state index in [9.17, 15) is 9.90 Å². The van der Waals surface area contributed by atoms with Crippen molar-refractivity contribution in [1.82, 2.24) is 4.90 Å². The number of nitrogens with zero attached hydrogens (tertiary/aromatic N) is 1. The number of amides is 1. The first-order valence-electron chi connectivity index (χ1n) is 6.57. The van der Waals surface area contributed by atoms with Crippen molar-refractivity contribution in [2.24, 2.45) is 11.7 Å². The van der Waals surface area contributed by atoms with E-state index in [0.29, 0.717) is 25.3 Å². The van der Waals surface area contributed by atoms with E-state index in [1.807, 2.05) is 25.7 Å². The molecular weight excluding hydrogens is 216 g/mol. The molecule has 0 aromatic heterocycles. The molecule has 100 valence electrons. The first-order valence-corrected chi connectivity index (χ1v) is 6.57. The van der Waals surface area contributed by atoms with Gasteiger partial charge in [0, 0.05) is 25.6 Å². The van der Waals surface area contributed by atoms with Gasteiger partial charge in [0.05, 0.1) is 5.60 Å². The minimum Gasteiger partial charge on any atom is -0.390 e. The van der Waals surface area contributed by atoms with E-state index in [1.54, 1.807) is 0 Å². The van der Waals surface area contributed by atoms with E-state index in [0.717, 1.165) is 19.4 Å². The van der Waals surface area contributed by atoms with Crippen molar-refractivity contribution in [2.75, 3.05) is 13.1 Å². The van der Waals surface area contributed by atoms with Crippen LogP contribution in [0.3, 0.4) is 0 Å². The molecule has 1 aliphatic heterocycles. The molecule has 2 unspecified atom stereocenters. The third-order valence-corrected chi connectivity index (χ3v) is 3.68. The summed E-state index contributed by atoms with van der Waals surface area (Å²) in [5.41, 5.74) is 5.30. The SMILES string of the molecule is CC(C)C(N)CC(=O)N1CCCC(C)(O)CC1. The minimum atomic E-state index is -0.616. The fourth-order valence-electron chi connectivity index (χ4n) is 2.08. The average molecular weight is 242 g/mol. The highest BCUT2D eigenvalue weighted by atomic mass is 16.3. The lowest BCUT2D eigenvalue weighted by atomic mass is 9.98. The summed E-state index contributed by atoms with van der Waals surface area (Å²) >= 11 is 0. The lowest BCUT2D eigenvalue weighted by Gasteiger charge is -2.24. The Morgan fingerprint density at radius 3 is 2.65 bits per heavy atom. The smallest absolute Gasteiger partial charge is 0.224 e. The van der Waals surface area contributed by atoms with E-state index < -0.39 is 5.60 Å². The van der Waals surface area contributed by atoms with Crippen LogP contribution in [0.4, 0.5) is 0 Å². The number of hydrogen-bond acceptors (Lipinski definition) is 3. The van der Waals surface area contributed by atoms with Gasteiger partial charge >= 0.3 is 0 Å². The number of likely N-dealkylation sites (tertiary alicyclic amines) is 1. The Kier molecular flexibility index (Phi) is 4.95. The molecule has 1 rings (SSSR count). The molecule has 3 N–H and O–H groups in total. The van der Waals surface area contributed by atoms with Crippen molar-refractivity contribution in [3.05, 3.63) is 0 Å². The Labute approximate surface area is 104 Å². The minimum absolute atomic E-state index is 0.0636. The van der Waals surface area contributed by atoms with Gasteiger partial charge in [-0.3, -0.25) is 4.79 Å². The zero-order valence-electron chi connectivity index (χ0n) is 11.3. The molecule has 1 amide bonds. The van der Waals surface area contributed by atoms with Crippen LogP contribution in [0.15, 0.2) is 0 Å². The van der Waals surface area contributed by atoms with Gasteiger partial charge in [-0.15, -0.1) is 0 Å². The van der Waals surface area contributed by atoms with Gasteiger partial charge in [-0.25, -0.2) is 0 Å². The van der Waals surface area contributed by atoms with Crippen LogP contribution in [0, 0.1) is 5.92 Å². The molecule has 0 aromatic carbocycles. The standard InChI is InChI=1S/C13H26N2O2/c1-10(2)11(14)9-12(16)15-7-4-5-13(3,17)6-8-15/h10-11,17H,4-9,14H2,1-3H3. The quantitative estimate of drug-likeness (QED) is 0.779.